The zero-order chi connectivity index (χ0) is 21.7. The lowest BCUT2D eigenvalue weighted by molar-refractivity contribution is 0.399. The van der Waals surface area contributed by atoms with Crippen LogP contribution in [0.3, 0.4) is 0 Å². The molecule has 0 radical (unpaired) electrons. The molecule has 4 rings (SSSR count). The lowest BCUT2D eigenvalue weighted by atomic mass is 10.1. The third-order valence-corrected chi connectivity index (χ3v) is 6.76. The number of rotatable bonds is 7. The summed E-state index contributed by atoms with van der Waals surface area (Å²) in [6, 6.07) is 26.7. The van der Waals surface area contributed by atoms with Crippen LogP contribution in [0.5, 0.6) is 5.75 Å². The normalized spacial score (nSPS) is 11.5. The van der Waals surface area contributed by atoms with Crippen LogP contribution in [0.2, 0.25) is 0 Å². The number of benzene rings is 3. The predicted octanol–water partition coefficient (Wildman–Crippen LogP) is 4.85. The molecule has 0 fully saturated rings. The van der Waals surface area contributed by atoms with E-state index in [2.05, 4.69) is 4.98 Å². The van der Waals surface area contributed by atoms with Gasteiger partial charge in [0.25, 0.3) is 0 Å². The first-order chi connectivity index (χ1) is 15.0. The van der Waals surface area contributed by atoms with Crippen LogP contribution in [-0.2, 0) is 23.1 Å². The van der Waals surface area contributed by atoms with E-state index in [-0.39, 0.29) is 23.7 Å². The van der Waals surface area contributed by atoms with Gasteiger partial charge in [-0.15, -0.1) is 0 Å². The fourth-order valence-electron chi connectivity index (χ4n) is 3.37. The summed E-state index contributed by atoms with van der Waals surface area (Å²) in [5, 5.41) is 9.80. The maximum absolute atomic E-state index is 13.4. The Hall–Kier alpha value is -3.48. The first kappa shape index (κ1) is 20.8. The van der Waals surface area contributed by atoms with E-state index in [0.717, 1.165) is 16.7 Å². The number of sulfonamides is 1. The van der Waals surface area contributed by atoms with Gasteiger partial charge in [-0.1, -0.05) is 60.7 Å². The van der Waals surface area contributed by atoms with Crippen molar-refractivity contribution in [3.8, 4) is 16.9 Å². The molecule has 0 saturated heterocycles. The number of nitrogens with zero attached hydrogens (tertiary/aromatic N) is 2. The zero-order valence-corrected chi connectivity index (χ0v) is 17.6. The summed E-state index contributed by atoms with van der Waals surface area (Å²) in [6.07, 6.45) is 3.52. The molecule has 1 N–H and O–H groups in total. The third kappa shape index (κ3) is 4.99. The van der Waals surface area contributed by atoms with Crippen LogP contribution in [0.1, 0.15) is 11.1 Å². The highest BCUT2D eigenvalue weighted by Crippen LogP contribution is 2.24. The van der Waals surface area contributed by atoms with Crippen molar-refractivity contribution in [1.29, 1.82) is 0 Å². The van der Waals surface area contributed by atoms with Crippen LogP contribution < -0.4 is 0 Å². The second-order valence-corrected chi connectivity index (χ2v) is 9.13. The minimum absolute atomic E-state index is 0.107. The van der Waals surface area contributed by atoms with Crippen molar-refractivity contribution in [2.45, 2.75) is 18.0 Å². The second kappa shape index (κ2) is 9.12. The molecule has 0 aliphatic heterocycles. The molecule has 1 heterocycles. The van der Waals surface area contributed by atoms with Crippen molar-refractivity contribution < 1.29 is 13.5 Å². The van der Waals surface area contributed by atoms with Gasteiger partial charge in [0.2, 0.25) is 10.0 Å². The summed E-state index contributed by atoms with van der Waals surface area (Å²) in [4.78, 5) is 4.38. The van der Waals surface area contributed by atoms with Gasteiger partial charge in [0.15, 0.2) is 0 Å². The van der Waals surface area contributed by atoms with Crippen LogP contribution in [-0.4, -0.2) is 22.8 Å². The quantitative estimate of drug-likeness (QED) is 0.455. The van der Waals surface area contributed by atoms with Crippen LogP contribution >= 0.6 is 0 Å². The summed E-state index contributed by atoms with van der Waals surface area (Å²) < 4.78 is 28.2. The van der Waals surface area contributed by atoms with E-state index in [1.807, 2.05) is 36.4 Å². The molecule has 0 unspecified atom stereocenters. The molecule has 0 bridgehead atoms. The number of hydrogen-bond acceptors (Lipinski definition) is 4. The Balaban J connectivity index is 1.64. The first-order valence-corrected chi connectivity index (χ1v) is 11.3. The number of hydrogen-bond donors (Lipinski definition) is 1. The molecular weight excluding hydrogens is 408 g/mol. The molecule has 0 aliphatic rings. The Morgan fingerprint density at radius 1 is 0.742 bits per heavy atom. The van der Waals surface area contributed by atoms with Gasteiger partial charge in [-0.05, 0) is 52.6 Å². The summed E-state index contributed by atoms with van der Waals surface area (Å²) in [5.41, 5.74) is 3.60. The van der Waals surface area contributed by atoms with Crippen LogP contribution in [0.4, 0.5) is 0 Å². The molecule has 0 spiro atoms. The van der Waals surface area contributed by atoms with Crippen molar-refractivity contribution >= 4 is 10.0 Å². The van der Waals surface area contributed by atoms with Crippen LogP contribution in [0.25, 0.3) is 11.1 Å². The van der Waals surface area contributed by atoms with E-state index in [0.29, 0.717) is 5.56 Å². The van der Waals surface area contributed by atoms with Gasteiger partial charge < -0.3 is 5.11 Å². The molecule has 156 valence electrons. The van der Waals surface area contributed by atoms with Gasteiger partial charge in [0, 0.05) is 25.5 Å². The van der Waals surface area contributed by atoms with Gasteiger partial charge >= 0.3 is 0 Å². The molecule has 6 heteroatoms. The lowest BCUT2D eigenvalue weighted by Gasteiger charge is -2.23. The highest BCUT2D eigenvalue weighted by molar-refractivity contribution is 7.89. The Labute approximate surface area is 182 Å². The Morgan fingerprint density at radius 2 is 1.48 bits per heavy atom. The smallest absolute Gasteiger partial charge is 0.243 e. The van der Waals surface area contributed by atoms with Gasteiger partial charge in [0.05, 0.1) is 4.90 Å². The molecule has 1 aromatic heterocycles. The SMILES string of the molecule is O=S(=O)(c1ccccc1)N(Cc1ccc(-c2cccnc2)cc1)Cc1cccc(O)c1. The molecule has 3 aromatic carbocycles. The number of phenolic OH excluding ortho intramolecular Hbond substituents is 1. The summed E-state index contributed by atoms with van der Waals surface area (Å²) in [5.74, 6) is 0.107. The van der Waals surface area contributed by atoms with Crippen molar-refractivity contribution in [3.05, 3.63) is 115 Å². The van der Waals surface area contributed by atoms with Gasteiger partial charge in [-0.2, -0.15) is 4.31 Å². The molecular formula is C25H22N2O3S. The summed E-state index contributed by atoms with van der Waals surface area (Å²) >= 11 is 0. The van der Waals surface area contributed by atoms with Crippen LogP contribution in [0, 0.1) is 0 Å². The molecule has 31 heavy (non-hydrogen) atoms. The number of phenols is 1. The maximum atomic E-state index is 13.4. The molecule has 5 nitrogen and oxygen atoms in total. The largest absolute Gasteiger partial charge is 0.508 e. The first-order valence-electron chi connectivity index (χ1n) is 9.85. The monoisotopic (exact) mass is 430 g/mol. The number of aromatic nitrogens is 1. The Bertz CT molecular complexity index is 1240. The molecule has 0 atom stereocenters. The highest BCUT2D eigenvalue weighted by Gasteiger charge is 2.25. The highest BCUT2D eigenvalue weighted by atomic mass is 32.2. The van der Waals surface area contributed by atoms with E-state index in [1.165, 1.54) is 4.31 Å². The van der Waals surface area contributed by atoms with Crippen LogP contribution in [0.15, 0.2) is 108 Å². The molecule has 0 amide bonds. The third-order valence-electron chi connectivity index (χ3n) is 4.96. The van der Waals surface area contributed by atoms with Gasteiger partial charge in [-0.3, -0.25) is 4.98 Å². The maximum Gasteiger partial charge on any atom is 0.243 e. The summed E-state index contributed by atoms with van der Waals surface area (Å²) in [7, 11) is -3.73. The summed E-state index contributed by atoms with van der Waals surface area (Å²) in [6.45, 7) is 0.357. The van der Waals surface area contributed by atoms with Crippen molar-refractivity contribution in [1.82, 2.24) is 9.29 Å². The average molecular weight is 431 g/mol. The Morgan fingerprint density at radius 3 is 2.16 bits per heavy atom. The van der Waals surface area contributed by atoms with Crippen molar-refractivity contribution in [2.75, 3.05) is 0 Å². The van der Waals surface area contributed by atoms with E-state index in [4.69, 9.17) is 0 Å². The van der Waals surface area contributed by atoms with Gasteiger partial charge in [0.1, 0.15) is 5.75 Å². The van der Waals surface area contributed by atoms with E-state index >= 15 is 0 Å². The zero-order valence-electron chi connectivity index (χ0n) is 16.8. The minimum atomic E-state index is -3.73. The Kier molecular flexibility index (Phi) is 6.11. The van der Waals surface area contributed by atoms with Crippen molar-refractivity contribution in [2.24, 2.45) is 0 Å². The molecule has 4 aromatic rings. The minimum Gasteiger partial charge on any atom is -0.508 e. The topological polar surface area (TPSA) is 70.5 Å². The van der Waals surface area contributed by atoms with E-state index in [1.54, 1.807) is 67.0 Å². The molecule has 0 aliphatic carbocycles. The molecule has 0 saturated carbocycles. The van der Waals surface area contributed by atoms with E-state index in [9.17, 15) is 13.5 Å². The average Bonchev–Trinajstić information content (AvgIpc) is 2.80. The number of aromatic hydroxyl groups is 1. The second-order valence-electron chi connectivity index (χ2n) is 7.19. The number of pyridine rings is 1. The fraction of sp³-hybridized carbons (Fsp3) is 0.0800. The lowest BCUT2D eigenvalue weighted by Crippen LogP contribution is -2.30. The van der Waals surface area contributed by atoms with Crippen molar-refractivity contribution in [3.63, 3.8) is 0 Å². The van der Waals surface area contributed by atoms with Gasteiger partial charge in [-0.25, -0.2) is 8.42 Å². The standard InChI is InChI=1S/C25H22N2O3S/c28-24-8-4-6-21(16-24)19-27(31(29,30)25-9-2-1-3-10-25)18-20-11-13-22(14-12-20)23-7-5-15-26-17-23/h1-17,28H,18-19H2. The fourth-order valence-corrected chi connectivity index (χ4v) is 4.80. The van der Waals surface area contributed by atoms with E-state index < -0.39 is 10.0 Å². The predicted molar refractivity (Wildman–Crippen MR) is 121 cm³/mol.